The second-order valence-corrected chi connectivity index (χ2v) is 7.40. The first kappa shape index (κ1) is 20.2. The summed E-state index contributed by atoms with van der Waals surface area (Å²) in [6.07, 6.45) is 3.03. The Morgan fingerprint density at radius 1 is 1.21 bits per heavy atom. The lowest BCUT2D eigenvalue weighted by atomic mass is 10.0. The lowest BCUT2D eigenvalue weighted by molar-refractivity contribution is -0.910. The molecule has 2 aromatic rings. The van der Waals surface area contributed by atoms with Gasteiger partial charge in [0.05, 0.1) is 26.3 Å². The van der Waals surface area contributed by atoms with E-state index in [0.29, 0.717) is 6.54 Å². The second-order valence-electron chi connectivity index (χ2n) is 7.40. The minimum absolute atomic E-state index is 0.0627. The molecule has 2 atom stereocenters. The highest BCUT2D eigenvalue weighted by Crippen LogP contribution is 2.31. The topological polar surface area (TPSA) is 52.0 Å². The van der Waals surface area contributed by atoms with Crippen molar-refractivity contribution in [1.82, 2.24) is 0 Å². The molecule has 2 aromatic carbocycles. The lowest BCUT2D eigenvalue weighted by Crippen LogP contribution is -3.11. The van der Waals surface area contributed by atoms with E-state index < -0.39 is 0 Å². The maximum Gasteiger partial charge on any atom is 0.279 e. The molecule has 5 nitrogen and oxygen atoms in total. The molecule has 0 radical (unpaired) electrons. The normalized spacial score (nSPS) is 18.7. The van der Waals surface area contributed by atoms with Gasteiger partial charge in [0.1, 0.15) is 17.5 Å². The van der Waals surface area contributed by atoms with Gasteiger partial charge in [0.2, 0.25) is 0 Å². The molecule has 1 aliphatic rings. The van der Waals surface area contributed by atoms with Crippen LogP contribution in [0.5, 0.6) is 11.5 Å². The van der Waals surface area contributed by atoms with Crippen LogP contribution in [0.3, 0.4) is 0 Å². The predicted molar refractivity (Wildman–Crippen MR) is 111 cm³/mol. The van der Waals surface area contributed by atoms with Crippen molar-refractivity contribution in [2.24, 2.45) is 0 Å². The Bertz CT molecular complexity index is 835. The lowest BCUT2D eigenvalue weighted by Gasteiger charge is -2.23. The summed E-state index contributed by atoms with van der Waals surface area (Å²) >= 11 is 0. The number of rotatable bonds is 7. The second kappa shape index (κ2) is 9.11. The third-order valence-corrected chi connectivity index (χ3v) is 5.69. The van der Waals surface area contributed by atoms with E-state index >= 15 is 0 Å². The molecule has 150 valence electrons. The van der Waals surface area contributed by atoms with Crippen LogP contribution >= 0.6 is 0 Å². The third-order valence-electron chi connectivity index (χ3n) is 5.69. The van der Waals surface area contributed by atoms with Crippen LogP contribution in [0.25, 0.3) is 0 Å². The fourth-order valence-corrected chi connectivity index (χ4v) is 4.20. The van der Waals surface area contributed by atoms with Gasteiger partial charge in [0, 0.05) is 18.5 Å². The largest absolute Gasteiger partial charge is 0.497 e. The highest BCUT2D eigenvalue weighted by atomic mass is 16.5. The van der Waals surface area contributed by atoms with E-state index in [0.717, 1.165) is 54.1 Å². The van der Waals surface area contributed by atoms with E-state index in [1.807, 2.05) is 37.3 Å². The van der Waals surface area contributed by atoms with Gasteiger partial charge in [-0.1, -0.05) is 25.1 Å². The van der Waals surface area contributed by atoms with Crippen LogP contribution in [0, 0.1) is 6.92 Å². The van der Waals surface area contributed by atoms with Crippen molar-refractivity contribution in [3.63, 3.8) is 0 Å². The fraction of sp³-hybridized carbons (Fsp3) is 0.435. The van der Waals surface area contributed by atoms with E-state index in [-0.39, 0.29) is 11.9 Å². The van der Waals surface area contributed by atoms with Crippen LogP contribution in [0.15, 0.2) is 36.4 Å². The number of methoxy groups -OCH3 is 2. The molecule has 0 aliphatic carbocycles. The minimum Gasteiger partial charge on any atom is -0.497 e. The summed E-state index contributed by atoms with van der Waals surface area (Å²) in [7, 11) is 3.36. The zero-order valence-electron chi connectivity index (χ0n) is 17.3. The molecule has 0 aromatic heterocycles. The molecule has 2 N–H and O–H groups in total. The van der Waals surface area contributed by atoms with Gasteiger partial charge in [0.25, 0.3) is 5.91 Å². The molecule has 1 heterocycles. The molecule has 0 bridgehead atoms. The number of para-hydroxylation sites is 1. The SMILES string of the molecule is CCc1cccc(C)c1NC(=O)C[NH+]1CCC[C@H]1c1cc(OC)ccc1OC. The molecule has 5 heteroatoms. The monoisotopic (exact) mass is 383 g/mol. The van der Waals surface area contributed by atoms with Crippen molar-refractivity contribution in [2.75, 3.05) is 32.6 Å². The average Bonchev–Trinajstić information content (AvgIpc) is 3.16. The van der Waals surface area contributed by atoms with Crippen molar-refractivity contribution in [1.29, 1.82) is 0 Å². The Kier molecular flexibility index (Phi) is 6.57. The van der Waals surface area contributed by atoms with Gasteiger partial charge in [-0.15, -0.1) is 0 Å². The number of aryl methyl sites for hydroxylation is 2. The first-order valence-corrected chi connectivity index (χ1v) is 10.0. The van der Waals surface area contributed by atoms with Crippen molar-refractivity contribution in [2.45, 2.75) is 39.2 Å². The summed E-state index contributed by atoms with van der Waals surface area (Å²) in [5.41, 5.74) is 4.36. The molecule has 1 amide bonds. The van der Waals surface area contributed by atoms with Gasteiger partial charge in [-0.2, -0.15) is 0 Å². The molecule has 1 aliphatic heterocycles. The standard InChI is InChI=1S/C23H30N2O3/c1-5-17-9-6-8-16(2)23(17)24-22(26)15-25-13-7-10-20(25)19-14-18(27-3)11-12-21(19)28-4/h6,8-9,11-12,14,20H,5,7,10,13,15H2,1-4H3,(H,24,26)/p+1/t20-/m0/s1. The Hall–Kier alpha value is -2.53. The zero-order valence-corrected chi connectivity index (χ0v) is 17.3. The summed E-state index contributed by atoms with van der Waals surface area (Å²) in [6, 6.07) is 12.3. The molecule has 1 saturated heterocycles. The number of carbonyl (C=O) groups excluding carboxylic acids is 1. The molecule has 1 fully saturated rings. The number of likely N-dealkylation sites (tertiary alicyclic amines) is 1. The van der Waals surface area contributed by atoms with Crippen LogP contribution in [-0.2, 0) is 11.2 Å². The Morgan fingerprint density at radius 2 is 2.04 bits per heavy atom. The van der Waals surface area contributed by atoms with Gasteiger partial charge < -0.3 is 19.7 Å². The molecule has 0 saturated carbocycles. The number of nitrogens with one attached hydrogen (secondary N) is 2. The number of hydrogen-bond acceptors (Lipinski definition) is 3. The van der Waals surface area contributed by atoms with Crippen molar-refractivity contribution >= 4 is 11.6 Å². The summed E-state index contributed by atoms with van der Waals surface area (Å²) in [5, 5.41) is 3.16. The molecule has 3 rings (SSSR count). The van der Waals surface area contributed by atoms with E-state index in [1.165, 1.54) is 10.5 Å². The van der Waals surface area contributed by atoms with Gasteiger partial charge in [-0.05, 0) is 42.7 Å². The Labute approximate surface area is 167 Å². The highest BCUT2D eigenvalue weighted by Gasteiger charge is 2.34. The number of amides is 1. The Morgan fingerprint density at radius 3 is 2.75 bits per heavy atom. The third kappa shape index (κ3) is 4.30. The van der Waals surface area contributed by atoms with Gasteiger partial charge in [-0.25, -0.2) is 0 Å². The van der Waals surface area contributed by atoms with Gasteiger partial charge in [0.15, 0.2) is 6.54 Å². The van der Waals surface area contributed by atoms with Crippen molar-refractivity contribution in [3.8, 4) is 11.5 Å². The highest BCUT2D eigenvalue weighted by molar-refractivity contribution is 5.93. The maximum atomic E-state index is 12.9. The molecular formula is C23H31N2O3+. The number of carbonyl (C=O) groups is 1. The summed E-state index contributed by atoms with van der Waals surface area (Å²) in [5.74, 6) is 1.74. The number of benzene rings is 2. The summed E-state index contributed by atoms with van der Waals surface area (Å²) < 4.78 is 11.0. The molecule has 1 unspecified atom stereocenters. The first-order chi connectivity index (χ1) is 13.6. The summed E-state index contributed by atoms with van der Waals surface area (Å²) in [6.45, 7) is 5.58. The van der Waals surface area contributed by atoms with E-state index in [2.05, 4.69) is 18.3 Å². The zero-order chi connectivity index (χ0) is 20.1. The van der Waals surface area contributed by atoms with Crippen LogP contribution in [0.4, 0.5) is 5.69 Å². The average molecular weight is 384 g/mol. The maximum absolute atomic E-state index is 12.9. The first-order valence-electron chi connectivity index (χ1n) is 10.0. The van der Waals surface area contributed by atoms with Crippen LogP contribution in [0.2, 0.25) is 0 Å². The van der Waals surface area contributed by atoms with E-state index in [1.54, 1.807) is 14.2 Å². The fourth-order valence-electron chi connectivity index (χ4n) is 4.20. The van der Waals surface area contributed by atoms with Crippen LogP contribution < -0.4 is 19.7 Å². The quantitative estimate of drug-likeness (QED) is 0.773. The number of hydrogen-bond donors (Lipinski definition) is 2. The summed E-state index contributed by atoms with van der Waals surface area (Å²) in [4.78, 5) is 14.1. The molecule has 0 spiro atoms. The number of quaternary nitrogens is 1. The van der Waals surface area contributed by atoms with Crippen molar-refractivity contribution < 1.29 is 19.2 Å². The Balaban J connectivity index is 1.77. The van der Waals surface area contributed by atoms with Crippen molar-refractivity contribution in [3.05, 3.63) is 53.1 Å². The van der Waals surface area contributed by atoms with Gasteiger partial charge in [-0.3, -0.25) is 4.79 Å². The molecule has 28 heavy (non-hydrogen) atoms. The minimum atomic E-state index is 0.0627. The number of ether oxygens (including phenoxy) is 2. The van der Waals surface area contributed by atoms with Crippen LogP contribution in [-0.4, -0.2) is 33.2 Å². The smallest absolute Gasteiger partial charge is 0.279 e. The van der Waals surface area contributed by atoms with Gasteiger partial charge >= 0.3 is 0 Å². The predicted octanol–water partition coefficient (Wildman–Crippen LogP) is 2.93. The van der Waals surface area contributed by atoms with Crippen LogP contribution in [0.1, 0.15) is 42.5 Å². The number of anilines is 1. The molecular weight excluding hydrogens is 352 g/mol. The van der Waals surface area contributed by atoms with E-state index in [9.17, 15) is 4.79 Å². The van der Waals surface area contributed by atoms with E-state index in [4.69, 9.17) is 9.47 Å².